The van der Waals surface area contributed by atoms with Gasteiger partial charge in [-0.25, -0.2) is 4.39 Å². The van der Waals surface area contributed by atoms with Gasteiger partial charge in [0.1, 0.15) is 5.82 Å². The third-order valence-corrected chi connectivity index (χ3v) is 5.99. The molecule has 0 aliphatic carbocycles. The molecular formula is C24H27FN2O3. The lowest BCUT2D eigenvalue weighted by Gasteiger charge is -2.35. The minimum absolute atomic E-state index is 0.0519. The Bertz CT molecular complexity index is 894. The summed E-state index contributed by atoms with van der Waals surface area (Å²) in [6.07, 6.45) is 2.13. The molecule has 5 nitrogen and oxygen atoms in total. The van der Waals surface area contributed by atoms with Crippen molar-refractivity contribution in [2.75, 3.05) is 13.1 Å². The van der Waals surface area contributed by atoms with Gasteiger partial charge in [-0.3, -0.25) is 4.79 Å². The van der Waals surface area contributed by atoms with Crippen LogP contribution in [0.4, 0.5) is 4.39 Å². The summed E-state index contributed by atoms with van der Waals surface area (Å²) < 4.78 is 13.3. The zero-order valence-electron chi connectivity index (χ0n) is 16.9. The van der Waals surface area contributed by atoms with Gasteiger partial charge in [0.2, 0.25) is 6.10 Å². The summed E-state index contributed by atoms with van der Waals surface area (Å²) >= 11 is 0. The number of benzene rings is 2. The molecule has 1 saturated heterocycles. The third kappa shape index (κ3) is 5.05. The Balaban J connectivity index is 1.24. The van der Waals surface area contributed by atoms with Gasteiger partial charge in [0.15, 0.2) is 0 Å². The Hall–Kier alpha value is -2.73. The minimum Gasteiger partial charge on any atom is -0.392 e. The van der Waals surface area contributed by atoms with E-state index in [0.29, 0.717) is 32.4 Å². The van der Waals surface area contributed by atoms with Crippen molar-refractivity contribution in [2.24, 2.45) is 11.1 Å². The molecule has 0 spiro atoms. The molecule has 30 heavy (non-hydrogen) atoms. The predicted octanol–water partition coefficient (Wildman–Crippen LogP) is 3.36. The fraction of sp³-hybridized carbons (Fsp3) is 0.417. The lowest BCUT2D eigenvalue weighted by Crippen LogP contribution is -2.45. The molecule has 158 valence electrons. The van der Waals surface area contributed by atoms with Gasteiger partial charge < -0.3 is 14.8 Å². The summed E-state index contributed by atoms with van der Waals surface area (Å²) in [5, 5.41) is 14.6. The number of halogens is 1. The Kier molecular flexibility index (Phi) is 6.43. The summed E-state index contributed by atoms with van der Waals surface area (Å²) in [5.74, 6) is -0.139. The molecule has 0 radical (unpaired) electrons. The molecule has 0 unspecified atom stereocenters. The molecule has 2 heterocycles. The molecule has 1 fully saturated rings. The zero-order valence-corrected chi connectivity index (χ0v) is 16.9. The first-order valence-corrected chi connectivity index (χ1v) is 10.6. The standard InChI is InChI=1S/C24H27FN2O3/c25-20-8-4-7-18(13-20)14-21-16-23(30-26-21)24(29)27-11-9-19(10-12-27)22(28)15-17-5-2-1-3-6-17/h1-8,13,19,22-23,28H,9-12,14-16H2/t22-,23+/m1/s1. The number of rotatable bonds is 6. The highest BCUT2D eigenvalue weighted by Gasteiger charge is 2.35. The van der Waals surface area contributed by atoms with Gasteiger partial charge in [-0.2, -0.15) is 0 Å². The van der Waals surface area contributed by atoms with Gasteiger partial charge in [-0.15, -0.1) is 0 Å². The quantitative estimate of drug-likeness (QED) is 0.794. The second-order valence-electron chi connectivity index (χ2n) is 8.18. The van der Waals surface area contributed by atoms with Crippen molar-refractivity contribution in [3.8, 4) is 0 Å². The van der Waals surface area contributed by atoms with Gasteiger partial charge >= 0.3 is 0 Å². The molecule has 1 amide bonds. The van der Waals surface area contributed by atoms with Gasteiger partial charge in [0.05, 0.1) is 11.8 Å². The van der Waals surface area contributed by atoms with Crippen LogP contribution in [-0.4, -0.2) is 46.9 Å². The molecule has 0 saturated carbocycles. The van der Waals surface area contributed by atoms with E-state index in [1.165, 1.54) is 12.1 Å². The molecule has 0 bridgehead atoms. The summed E-state index contributed by atoms with van der Waals surface area (Å²) in [4.78, 5) is 20.0. The van der Waals surface area contributed by atoms with Crippen LogP contribution in [-0.2, 0) is 22.5 Å². The Morgan fingerprint density at radius 3 is 2.60 bits per heavy atom. The van der Waals surface area contributed by atoms with E-state index in [-0.39, 0.29) is 17.6 Å². The van der Waals surface area contributed by atoms with E-state index in [0.717, 1.165) is 29.7 Å². The number of likely N-dealkylation sites (tertiary alicyclic amines) is 1. The van der Waals surface area contributed by atoms with Crippen LogP contribution in [0.2, 0.25) is 0 Å². The van der Waals surface area contributed by atoms with Gasteiger partial charge in [-0.1, -0.05) is 47.6 Å². The lowest BCUT2D eigenvalue weighted by molar-refractivity contribution is -0.144. The van der Waals surface area contributed by atoms with Gasteiger partial charge in [-0.05, 0) is 48.4 Å². The van der Waals surface area contributed by atoms with E-state index in [4.69, 9.17) is 4.84 Å². The second-order valence-corrected chi connectivity index (χ2v) is 8.18. The summed E-state index contributed by atoms with van der Waals surface area (Å²) in [6.45, 7) is 1.24. The monoisotopic (exact) mass is 410 g/mol. The SMILES string of the molecule is O=C([C@@H]1CC(Cc2cccc(F)c2)=NO1)N1CCC([C@H](O)Cc2ccccc2)CC1. The van der Waals surface area contributed by atoms with Crippen molar-refractivity contribution in [2.45, 2.75) is 44.3 Å². The molecule has 1 N–H and O–H groups in total. The van der Waals surface area contributed by atoms with E-state index < -0.39 is 12.2 Å². The van der Waals surface area contributed by atoms with Gasteiger partial charge in [0.25, 0.3) is 5.91 Å². The van der Waals surface area contributed by atoms with Crippen LogP contribution in [0.3, 0.4) is 0 Å². The molecule has 2 aliphatic heterocycles. The first kappa shape index (κ1) is 20.5. The molecule has 2 aromatic carbocycles. The molecule has 6 heteroatoms. The van der Waals surface area contributed by atoms with Crippen molar-refractivity contribution in [3.63, 3.8) is 0 Å². The number of oxime groups is 1. The second kappa shape index (κ2) is 9.39. The van der Waals surface area contributed by atoms with E-state index in [1.807, 2.05) is 41.3 Å². The molecule has 2 atom stereocenters. The van der Waals surface area contributed by atoms with Gasteiger partial charge in [0, 0.05) is 25.9 Å². The van der Waals surface area contributed by atoms with Crippen LogP contribution in [0.25, 0.3) is 0 Å². The number of piperidine rings is 1. The van der Waals surface area contributed by atoms with Crippen LogP contribution in [0, 0.1) is 11.7 Å². The number of aliphatic hydroxyl groups excluding tert-OH is 1. The fourth-order valence-corrected chi connectivity index (χ4v) is 4.28. The number of aliphatic hydroxyl groups is 1. The number of hydrogen-bond acceptors (Lipinski definition) is 4. The third-order valence-electron chi connectivity index (χ3n) is 5.99. The van der Waals surface area contributed by atoms with Crippen LogP contribution in [0.1, 0.15) is 30.4 Å². The fourth-order valence-electron chi connectivity index (χ4n) is 4.28. The predicted molar refractivity (Wildman–Crippen MR) is 112 cm³/mol. The topological polar surface area (TPSA) is 62.1 Å². The maximum absolute atomic E-state index is 13.3. The van der Waals surface area contributed by atoms with Crippen molar-refractivity contribution in [3.05, 3.63) is 71.5 Å². The number of nitrogens with zero attached hydrogens (tertiary/aromatic N) is 2. The molecule has 2 aliphatic rings. The highest BCUT2D eigenvalue weighted by molar-refractivity contribution is 5.94. The summed E-state index contributed by atoms with van der Waals surface area (Å²) in [5.41, 5.74) is 2.71. The van der Waals surface area contributed by atoms with Crippen molar-refractivity contribution in [1.29, 1.82) is 0 Å². The van der Waals surface area contributed by atoms with Crippen molar-refractivity contribution in [1.82, 2.24) is 4.90 Å². The van der Waals surface area contributed by atoms with Crippen LogP contribution in [0.5, 0.6) is 0 Å². The number of hydrogen-bond donors (Lipinski definition) is 1. The summed E-state index contributed by atoms with van der Waals surface area (Å²) in [7, 11) is 0. The highest BCUT2D eigenvalue weighted by atomic mass is 19.1. The van der Waals surface area contributed by atoms with Crippen molar-refractivity contribution < 1.29 is 19.1 Å². The van der Waals surface area contributed by atoms with E-state index in [2.05, 4.69) is 5.16 Å². The van der Waals surface area contributed by atoms with Crippen LogP contribution < -0.4 is 0 Å². The number of amides is 1. The minimum atomic E-state index is -0.598. The lowest BCUT2D eigenvalue weighted by atomic mass is 9.87. The summed E-state index contributed by atoms with van der Waals surface area (Å²) in [6, 6.07) is 16.4. The molecule has 0 aromatic heterocycles. The zero-order chi connectivity index (χ0) is 20.9. The van der Waals surface area contributed by atoms with E-state index in [9.17, 15) is 14.3 Å². The smallest absolute Gasteiger partial charge is 0.266 e. The number of carbonyl (C=O) groups excluding carboxylic acids is 1. The molecule has 2 aromatic rings. The van der Waals surface area contributed by atoms with Crippen LogP contribution >= 0.6 is 0 Å². The largest absolute Gasteiger partial charge is 0.392 e. The first-order valence-electron chi connectivity index (χ1n) is 10.6. The Morgan fingerprint density at radius 2 is 1.87 bits per heavy atom. The molecular weight excluding hydrogens is 383 g/mol. The molecule has 4 rings (SSSR count). The highest BCUT2D eigenvalue weighted by Crippen LogP contribution is 2.25. The normalized spacial score (nSPS) is 20.5. The maximum Gasteiger partial charge on any atom is 0.266 e. The average molecular weight is 410 g/mol. The van der Waals surface area contributed by atoms with Crippen LogP contribution in [0.15, 0.2) is 59.8 Å². The first-order chi connectivity index (χ1) is 14.6. The maximum atomic E-state index is 13.3. The average Bonchev–Trinajstić information content (AvgIpc) is 3.22. The Labute approximate surface area is 176 Å². The van der Waals surface area contributed by atoms with E-state index >= 15 is 0 Å². The Morgan fingerprint density at radius 1 is 1.13 bits per heavy atom. The van der Waals surface area contributed by atoms with E-state index in [1.54, 1.807) is 6.07 Å². The van der Waals surface area contributed by atoms with Crippen molar-refractivity contribution >= 4 is 11.6 Å². The number of carbonyl (C=O) groups is 1.